The monoisotopic (exact) mass is 243 g/mol. The average Bonchev–Trinajstić information content (AvgIpc) is 2.58. The summed E-state index contributed by atoms with van der Waals surface area (Å²) >= 11 is 6.09. The van der Waals surface area contributed by atoms with Crippen LogP contribution >= 0.6 is 11.6 Å². The molecule has 2 aliphatic carbocycles. The van der Waals surface area contributed by atoms with Crippen molar-refractivity contribution in [1.82, 2.24) is 5.32 Å². The van der Waals surface area contributed by atoms with E-state index in [1.54, 1.807) is 0 Å². The smallest absolute Gasteiger partial charge is 0.0266 e. The molecular weight excluding hydrogens is 218 g/mol. The summed E-state index contributed by atoms with van der Waals surface area (Å²) in [5.74, 6) is 1.59. The van der Waals surface area contributed by atoms with Crippen LogP contribution in [0.4, 0.5) is 0 Å². The topological polar surface area (TPSA) is 12.0 Å². The first-order valence-electron chi connectivity index (χ1n) is 7.22. The molecule has 2 saturated carbocycles. The van der Waals surface area contributed by atoms with E-state index < -0.39 is 0 Å². The van der Waals surface area contributed by atoms with Gasteiger partial charge in [0, 0.05) is 18.0 Å². The van der Waals surface area contributed by atoms with Crippen molar-refractivity contribution in [3.8, 4) is 0 Å². The van der Waals surface area contributed by atoms with E-state index in [9.17, 15) is 0 Å². The zero-order valence-corrected chi connectivity index (χ0v) is 11.1. The molecule has 0 heterocycles. The molecule has 1 nitrogen and oxygen atoms in total. The lowest BCUT2D eigenvalue weighted by Crippen LogP contribution is -2.44. The van der Waals surface area contributed by atoms with Crippen molar-refractivity contribution in [2.75, 3.05) is 5.88 Å². The molecule has 2 fully saturated rings. The van der Waals surface area contributed by atoms with Crippen LogP contribution in [-0.4, -0.2) is 18.0 Å². The molecule has 2 rings (SSSR count). The third-order valence-electron chi connectivity index (χ3n) is 4.41. The highest BCUT2D eigenvalue weighted by Gasteiger charge is 2.26. The minimum atomic E-state index is 0.717. The zero-order chi connectivity index (χ0) is 11.2. The summed E-state index contributed by atoms with van der Waals surface area (Å²) in [5.41, 5.74) is 0. The molecule has 0 radical (unpaired) electrons. The SMILES string of the molecule is ClCC1CCCCC1NC1CCCCCC1. The van der Waals surface area contributed by atoms with Crippen LogP contribution in [0.25, 0.3) is 0 Å². The lowest BCUT2D eigenvalue weighted by atomic mass is 9.85. The fourth-order valence-electron chi connectivity index (χ4n) is 3.36. The number of alkyl halides is 1. The first-order chi connectivity index (χ1) is 7.90. The van der Waals surface area contributed by atoms with Crippen LogP contribution in [0.3, 0.4) is 0 Å². The molecule has 0 aromatic rings. The minimum absolute atomic E-state index is 0.717. The van der Waals surface area contributed by atoms with Gasteiger partial charge in [-0.3, -0.25) is 0 Å². The summed E-state index contributed by atoms with van der Waals surface area (Å²) in [5, 5.41) is 3.91. The van der Waals surface area contributed by atoms with Gasteiger partial charge < -0.3 is 5.32 Å². The Balaban J connectivity index is 1.81. The highest BCUT2D eigenvalue weighted by atomic mass is 35.5. The Bertz CT molecular complexity index is 187. The maximum atomic E-state index is 6.09. The molecule has 0 spiro atoms. The van der Waals surface area contributed by atoms with Crippen molar-refractivity contribution in [3.63, 3.8) is 0 Å². The molecule has 2 aliphatic rings. The fraction of sp³-hybridized carbons (Fsp3) is 1.00. The second-order valence-corrected chi connectivity index (χ2v) is 5.97. The molecule has 0 bridgehead atoms. The van der Waals surface area contributed by atoms with Gasteiger partial charge in [0.05, 0.1) is 0 Å². The first kappa shape index (κ1) is 12.7. The first-order valence-corrected chi connectivity index (χ1v) is 7.75. The third kappa shape index (κ3) is 3.63. The number of nitrogens with one attached hydrogen (secondary N) is 1. The Morgan fingerprint density at radius 3 is 2.12 bits per heavy atom. The number of halogens is 1. The third-order valence-corrected chi connectivity index (χ3v) is 4.81. The largest absolute Gasteiger partial charge is 0.311 e. The summed E-state index contributed by atoms with van der Waals surface area (Å²) in [6.07, 6.45) is 14.0. The predicted octanol–water partition coefficient (Wildman–Crippen LogP) is 4.10. The summed E-state index contributed by atoms with van der Waals surface area (Å²) in [6, 6.07) is 1.51. The summed E-state index contributed by atoms with van der Waals surface area (Å²) in [7, 11) is 0. The van der Waals surface area contributed by atoms with E-state index in [0.717, 1.165) is 17.8 Å². The van der Waals surface area contributed by atoms with E-state index in [1.165, 1.54) is 64.2 Å². The van der Waals surface area contributed by atoms with Crippen molar-refractivity contribution in [2.45, 2.75) is 76.3 Å². The lowest BCUT2D eigenvalue weighted by Gasteiger charge is -2.34. The summed E-state index contributed by atoms with van der Waals surface area (Å²) in [6.45, 7) is 0. The summed E-state index contributed by atoms with van der Waals surface area (Å²) < 4.78 is 0. The molecule has 0 saturated heterocycles. The van der Waals surface area contributed by atoms with E-state index in [4.69, 9.17) is 11.6 Å². The Labute approximate surface area is 105 Å². The van der Waals surface area contributed by atoms with Gasteiger partial charge in [0.1, 0.15) is 0 Å². The molecule has 0 aliphatic heterocycles. The molecule has 2 atom stereocenters. The van der Waals surface area contributed by atoms with E-state index in [0.29, 0.717) is 6.04 Å². The molecule has 0 aromatic heterocycles. The van der Waals surface area contributed by atoms with Gasteiger partial charge in [0.15, 0.2) is 0 Å². The van der Waals surface area contributed by atoms with Crippen molar-refractivity contribution in [3.05, 3.63) is 0 Å². The predicted molar refractivity (Wildman–Crippen MR) is 71.1 cm³/mol. The van der Waals surface area contributed by atoms with Crippen molar-refractivity contribution in [2.24, 2.45) is 5.92 Å². The lowest BCUT2D eigenvalue weighted by molar-refractivity contribution is 0.252. The molecule has 94 valence electrons. The van der Waals surface area contributed by atoms with Gasteiger partial charge in [-0.25, -0.2) is 0 Å². The van der Waals surface area contributed by atoms with E-state index in [1.807, 2.05) is 0 Å². The molecule has 16 heavy (non-hydrogen) atoms. The molecule has 0 aromatic carbocycles. The fourth-order valence-corrected chi connectivity index (χ4v) is 3.73. The van der Waals surface area contributed by atoms with Gasteiger partial charge in [0.2, 0.25) is 0 Å². The highest BCUT2D eigenvalue weighted by Crippen LogP contribution is 2.27. The van der Waals surface area contributed by atoms with Crippen molar-refractivity contribution < 1.29 is 0 Å². The zero-order valence-electron chi connectivity index (χ0n) is 10.4. The second-order valence-electron chi connectivity index (χ2n) is 5.66. The van der Waals surface area contributed by atoms with Crippen molar-refractivity contribution >= 4 is 11.6 Å². The Hall–Kier alpha value is 0.250. The standard InChI is InChI=1S/C14H26ClN/c15-11-12-7-5-6-10-14(12)16-13-8-3-1-2-4-9-13/h12-14,16H,1-11H2. The van der Waals surface area contributed by atoms with Gasteiger partial charge in [-0.1, -0.05) is 38.5 Å². The molecule has 1 N–H and O–H groups in total. The number of rotatable bonds is 3. The van der Waals surface area contributed by atoms with Gasteiger partial charge in [0.25, 0.3) is 0 Å². The number of hydrogen-bond acceptors (Lipinski definition) is 1. The summed E-state index contributed by atoms with van der Waals surface area (Å²) in [4.78, 5) is 0. The van der Waals surface area contributed by atoms with Gasteiger partial charge >= 0.3 is 0 Å². The molecule has 2 unspecified atom stereocenters. The Kier molecular flexibility index (Phi) is 5.44. The van der Waals surface area contributed by atoms with Gasteiger partial charge in [-0.05, 0) is 31.6 Å². The number of hydrogen-bond donors (Lipinski definition) is 1. The molecule has 0 amide bonds. The average molecular weight is 244 g/mol. The van der Waals surface area contributed by atoms with E-state index in [-0.39, 0.29) is 0 Å². The quantitative estimate of drug-likeness (QED) is 0.582. The van der Waals surface area contributed by atoms with E-state index in [2.05, 4.69) is 5.32 Å². The highest BCUT2D eigenvalue weighted by molar-refractivity contribution is 6.18. The Morgan fingerprint density at radius 1 is 0.812 bits per heavy atom. The van der Waals surface area contributed by atoms with Gasteiger partial charge in [-0.15, -0.1) is 11.6 Å². The van der Waals surface area contributed by atoms with Crippen LogP contribution in [0.2, 0.25) is 0 Å². The van der Waals surface area contributed by atoms with Crippen LogP contribution in [0.5, 0.6) is 0 Å². The van der Waals surface area contributed by atoms with Crippen LogP contribution in [0.15, 0.2) is 0 Å². The van der Waals surface area contributed by atoms with Crippen LogP contribution in [-0.2, 0) is 0 Å². The maximum absolute atomic E-state index is 6.09. The van der Waals surface area contributed by atoms with Crippen LogP contribution in [0.1, 0.15) is 64.2 Å². The minimum Gasteiger partial charge on any atom is -0.311 e. The van der Waals surface area contributed by atoms with Gasteiger partial charge in [-0.2, -0.15) is 0 Å². The van der Waals surface area contributed by atoms with Crippen LogP contribution in [0, 0.1) is 5.92 Å². The van der Waals surface area contributed by atoms with E-state index >= 15 is 0 Å². The molecular formula is C14H26ClN. The maximum Gasteiger partial charge on any atom is 0.0266 e. The molecule has 2 heteroatoms. The van der Waals surface area contributed by atoms with Crippen molar-refractivity contribution in [1.29, 1.82) is 0 Å². The van der Waals surface area contributed by atoms with Crippen LogP contribution < -0.4 is 5.32 Å². The normalized spacial score (nSPS) is 33.6. The second kappa shape index (κ2) is 6.86. The Morgan fingerprint density at radius 2 is 1.44 bits per heavy atom.